The molecule has 0 aliphatic rings. The summed E-state index contributed by atoms with van der Waals surface area (Å²) in [5.74, 6) is -1.12. The molecule has 1 N–H and O–H groups in total. The number of nitrogens with one attached hydrogen (secondary N) is 1. The van der Waals surface area contributed by atoms with Gasteiger partial charge in [0, 0.05) is 22.7 Å². The van der Waals surface area contributed by atoms with E-state index in [9.17, 15) is 8.78 Å². The molecule has 1 atom stereocenters. The van der Waals surface area contributed by atoms with Crippen LogP contribution in [-0.4, -0.2) is 19.8 Å². The second-order valence-electron chi connectivity index (χ2n) is 3.71. The first-order valence-corrected chi connectivity index (χ1v) is 6.50. The van der Waals surface area contributed by atoms with Crippen molar-refractivity contribution in [3.05, 3.63) is 35.6 Å². The first-order valence-electron chi connectivity index (χ1n) is 5.21. The molecule has 0 radical (unpaired) electrons. The Balaban J connectivity index is 2.58. The summed E-state index contributed by atoms with van der Waals surface area (Å²) >= 11 is 1.40. The molecule has 0 aliphatic carbocycles. The van der Waals surface area contributed by atoms with Gasteiger partial charge in [-0.3, -0.25) is 0 Å². The summed E-state index contributed by atoms with van der Waals surface area (Å²) in [6.07, 6.45) is 3.19. The fourth-order valence-corrected chi connectivity index (χ4v) is 2.62. The standard InChI is InChI=1S/C12H13F2NOS/c1-15-6-9(17-2)10-8(13)5-7-3-4-16-12(7)11(10)14/h3-5,9,15H,6H2,1-2H3. The summed E-state index contributed by atoms with van der Waals surface area (Å²) in [6.45, 7) is 0.501. The van der Waals surface area contributed by atoms with Crippen molar-refractivity contribution in [3.63, 3.8) is 0 Å². The van der Waals surface area contributed by atoms with Gasteiger partial charge in [-0.1, -0.05) is 0 Å². The van der Waals surface area contributed by atoms with Crippen LogP contribution in [-0.2, 0) is 0 Å². The van der Waals surface area contributed by atoms with Crippen molar-refractivity contribution < 1.29 is 13.2 Å². The maximum Gasteiger partial charge on any atom is 0.173 e. The summed E-state index contributed by atoms with van der Waals surface area (Å²) in [5, 5.41) is 3.11. The first kappa shape index (κ1) is 12.4. The summed E-state index contributed by atoms with van der Waals surface area (Å²) < 4.78 is 33.1. The van der Waals surface area contributed by atoms with Crippen LogP contribution < -0.4 is 5.32 Å². The second kappa shape index (κ2) is 5.06. The molecule has 1 unspecified atom stereocenters. The Kier molecular flexibility index (Phi) is 3.69. The second-order valence-corrected chi connectivity index (χ2v) is 4.75. The minimum absolute atomic E-state index is 0.0781. The van der Waals surface area contributed by atoms with Crippen LogP contribution in [0.2, 0.25) is 0 Å². The van der Waals surface area contributed by atoms with Gasteiger partial charge in [0.15, 0.2) is 11.4 Å². The Morgan fingerprint density at radius 2 is 2.24 bits per heavy atom. The number of thioether (sulfide) groups is 1. The van der Waals surface area contributed by atoms with Crippen molar-refractivity contribution in [3.8, 4) is 0 Å². The molecule has 1 heterocycles. The van der Waals surface area contributed by atoms with E-state index >= 15 is 0 Å². The molecule has 2 rings (SSSR count). The van der Waals surface area contributed by atoms with Crippen molar-refractivity contribution in [1.82, 2.24) is 5.32 Å². The highest BCUT2D eigenvalue weighted by Crippen LogP contribution is 2.34. The summed E-state index contributed by atoms with van der Waals surface area (Å²) in [4.78, 5) is 0. The zero-order chi connectivity index (χ0) is 12.4. The summed E-state index contributed by atoms with van der Waals surface area (Å²) in [7, 11) is 1.75. The lowest BCUT2D eigenvalue weighted by Crippen LogP contribution is -2.17. The van der Waals surface area contributed by atoms with Gasteiger partial charge >= 0.3 is 0 Å². The molecule has 0 saturated heterocycles. The van der Waals surface area contributed by atoms with Gasteiger partial charge in [0.1, 0.15) is 5.82 Å². The Labute approximate surface area is 102 Å². The van der Waals surface area contributed by atoms with Crippen molar-refractivity contribution in [1.29, 1.82) is 0 Å². The lowest BCUT2D eigenvalue weighted by Gasteiger charge is -2.16. The average molecular weight is 257 g/mol. The number of hydrogen-bond donors (Lipinski definition) is 1. The van der Waals surface area contributed by atoms with Gasteiger partial charge in [0.05, 0.1) is 6.26 Å². The maximum absolute atomic E-state index is 14.1. The molecule has 5 heteroatoms. The minimum atomic E-state index is -0.598. The molecule has 17 heavy (non-hydrogen) atoms. The normalized spacial score (nSPS) is 13.2. The van der Waals surface area contributed by atoms with Gasteiger partial charge in [-0.2, -0.15) is 11.8 Å². The predicted octanol–water partition coefficient (Wildman–Crippen LogP) is 3.33. The van der Waals surface area contributed by atoms with E-state index in [1.807, 2.05) is 6.26 Å². The molecule has 2 aromatic rings. The molecule has 0 bridgehead atoms. The lowest BCUT2D eigenvalue weighted by atomic mass is 10.1. The average Bonchev–Trinajstić information content (AvgIpc) is 2.76. The Morgan fingerprint density at radius 3 is 2.88 bits per heavy atom. The highest BCUT2D eigenvalue weighted by molar-refractivity contribution is 7.98. The molecular weight excluding hydrogens is 244 g/mol. The molecule has 0 saturated carbocycles. The number of halogens is 2. The van der Waals surface area contributed by atoms with Crippen molar-refractivity contribution >= 4 is 22.7 Å². The SMILES string of the molecule is CNCC(SC)c1c(F)cc2ccoc2c1F. The van der Waals surface area contributed by atoms with Gasteiger partial charge in [-0.25, -0.2) is 8.78 Å². The van der Waals surface area contributed by atoms with Crippen molar-refractivity contribution in [2.24, 2.45) is 0 Å². The maximum atomic E-state index is 14.1. The Morgan fingerprint density at radius 1 is 1.47 bits per heavy atom. The zero-order valence-electron chi connectivity index (χ0n) is 9.59. The first-order chi connectivity index (χ1) is 8.19. The number of benzene rings is 1. The molecule has 2 nitrogen and oxygen atoms in total. The lowest BCUT2D eigenvalue weighted by molar-refractivity contribution is 0.526. The topological polar surface area (TPSA) is 25.2 Å². The van der Waals surface area contributed by atoms with E-state index in [4.69, 9.17) is 4.42 Å². The monoisotopic (exact) mass is 257 g/mol. The quantitative estimate of drug-likeness (QED) is 0.909. The Hall–Kier alpha value is -1.07. The zero-order valence-corrected chi connectivity index (χ0v) is 10.4. The van der Waals surface area contributed by atoms with Gasteiger partial charge in [0.2, 0.25) is 0 Å². The van der Waals surface area contributed by atoms with E-state index in [1.54, 1.807) is 13.1 Å². The van der Waals surface area contributed by atoms with Gasteiger partial charge in [-0.05, 0) is 25.4 Å². The number of rotatable bonds is 4. The van der Waals surface area contributed by atoms with E-state index in [1.165, 1.54) is 24.1 Å². The van der Waals surface area contributed by atoms with Crippen LogP contribution in [0.25, 0.3) is 11.0 Å². The fraction of sp³-hybridized carbons (Fsp3) is 0.333. The molecule has 0 fully saturated rings. The molecule has 1 aromatic heterocycles. The van der Waals surface area contributed by atoms with Crippen molar-refractivity contribution in [2.45, 2.75) is 5.25 Å². The van der Waals surface area contributed by atoms with E-state index in [2.05, 4.69) is 5.32 Å². The van der Waals surface area contributed by atoms with Crippen molar-refractivity contribution in [2.75, 3.05) is 19.8 Å². The Bertz CT molecular complexity index is 526. The van der Waals surface area contributed by atoms with Crippen LogP contribution >= 0.6 is 11.8 Å². The molecule has 1 aromatic carbocycles. The molecule has 0 amide bonds. The largest absolute Gasteiger partial charge is 0.461 e. The highest BCUT2D eigenvalue weighted by atomic mass is 32.2. The van der Waals surface area contributed by atoms with Crippen LogP contribution in [0.15, 0.2) is 22.8 Å². The van der Waals surface area contributed by atoms with Gasteiger partial charge in [-0.15, -0.1) is 0 Å². The number of fused-ring (bicyclic) bond motifs is 1. The van der Waals surface area contributed by atoms with Gasteiger partial charge in [0.25, 0.3) is 0 Å². The van der Waals surface area contributed by atoms with Crippen LogP contribution in [0, 0.1) is 11.6 Å². The van der Waals surface area contributed by atoms with E-state index in [0.717, 1.165) is 0 Å². The van der Waals surface area contributed by atoms with E-state index in [-0.39, 0.29) is 16.4 Å². The third-order valence-corrected chi connectivity index (χ3v) is 3.64. The smallest absolute Gasteiger partial charge is 0.173 e. The highest BCUT2D eigenvalue weighted by Gasteiger charge is 2.22. The molecule has 0 aliphatic heterocycles. The third kappa shape index (κ3) is 2.17. The predicted molar refractivity (Wildman–Crippen MR) is 66.3 cm³/mol. The summed E-state index contributed by atoms with van der Waals surface area (Å²) in [5.41, 5.74) is 0.200. The summed E-state index contributed by atoms with van der Waals surface area (Å²) in [6, 6.07) is 2.87. The number of likely N-dealkylation sites (N-methyl/N-ethyl adjacent to an activating group) is 1. The van der Waals surface area contributed by atoms with E-state index in [0.29, 0.717) is 11.9 Å². The van der Waals surface area contributed by atoms with Crippen LogP contribution in [0.5, 0.6) is 0 Å². The number of furan rings is 1. The third-order valence-electron chi connectivity index (χ3n) is 2.67. The van der Waals surface area contributed by atoms with Crippen LogP contribution in [0.4, 0.5) is 8.78 Å². The molecule has 92 valence electrons. The minimum Gasteiger partial charge on any atom is -0.461 e. The number of hydrogen-bond acceptors (Lipinski definition) is 3. The van der Waals surface area contributed by atoms with Crippen LogP contribution in [0.1, 0.15) is 10.8 Å². The van der Waals surface area contributed by atoms with Crippen LogP contribution in [0.3, 0.4) is 0 Å². The fourth-order valence-electron chi connectivity index (χ4n) is 1.84. The molecular formula is C12H13F2NOS. The molecule has 0 spiro atoms. The van der Waals surface area contributed by atoms with Gasteiger partial charge < -0.3 is 9.73 Å². The van der Waals surface area contributed by atoms with E-state index < -0.39 is 11.6 Å².